The zero-order valence-corrected chi connectivity index (χ0v) is 36.0. The largest absolute Gasteiger partial charge is 0.458 e. The number of rotatable bonds is 7. The maximum Gasteiger partial charge on any atom is 0.311 e. The molecule has 1 N–H and O–H groups in total. The molecular formula is C43H66N4O11. The van der Waals surface area contributed by atoms with Gasteiger partial charge in [-0.05, 0) is 73.2 Å². The number of hydrogen-bond donors (Lipinski definition) is 1. The molecule has 6 rings (SSSR count). The monoisotopic (exact) mass is 814 g/mol. The van der Waals surface area contributed by atoms with Crippen LogP contribution in [0, 0.1) is 29.6 Å². The average Bonchev–Trinajstić information content (AvgIpc) is 3.80. The zero-order valence-electron chi connectivity index (χ0n) is 36.0. The minimum absolute atomic E-state index is 0.0193. The summed E-state index contributed by atoms with van der Waals surface area (Å²) in [5.41, 5.74) is -1.96. The molecule has 1 aromatic rings. The van der Waals surface area contributed by atoms with Crippen LogP contribution in [0.3, 0.4) is 0 Å². The second-order valence-electron chi connectivity index (χ2n) is 18.1. The molecule has 6 heterocycles. The van der Waals surface area contributed by atoms with Crippen molar-refractivity contribution in [3.8, 4) is 0 Å². The molecule has 0 radical (unpaired) electrons. The van der Waals surface area contributed by atoms with Gasteiger partial charge in [-0.3, -0.25) is 14.4 Å². The predicted molar refractivity (Wildman–Crippen MR) is 214 cm³/mol. The second-order valence-corrected chi connectivity index (χ2v) is 18.1. The van der Waals surface area contributed by atoms with Gasteiger partial charge in [0.2, 0.25) is 0 Å². The number of pyridine rings is 1. The molecule has 5 aliphatic rings. The maximum atomic E-state index is 14.6. The third kappa shape index (κ3) is 9.24. The van der Waals surface area contributed by atoms with E-state index in [0.29, 0.717) is 25.1 Å². The van der Waals surface area contributed by atoms with Crippen LogP contribution in [0.2, 0.25) is 0 Å². The summed E-state index contributed by atoms with van der Waals surface area (Å²) in [6, 6.07) is 5.56. The Bertz CT molecular complexity index is 1630. The Hall–Kier alpha value is -3.21. The van der Waals surface area contributed by atoms with E-state index in [-0.39, 0.29) is 50.1 Å². The second kappa shape index (κ2) is 18.2. The Balaban J connectivity index is 1.39. The van der Waals surface area contributed by atoms with E-state index >= 15 is 0 Å². The Morgan fingerprint density at radius 3 is 2.52 bits per heavy atom. The van der Waals surface area contributed by atoms with Gasteiger partial charge in [0.25, 0.3) is 0 Å². The number of oxime groups is 1. The van der Waals surface area contributed by atoms with E-state index in [1.165, 1.54) is 0 Å². The highest BCUT2D eigenvalue weighted by Gasteiger charge is 2.57. The first-order valence-electron chi connectivity index (χ1n) is 21.2. The van der Waals surface area contributed by atoms with Gasteiger partial charge < -0.3 is 48.2 Å². The van der Waals surface area contributed by atoms with Crippen LogP contribution in [0.25, 0.3) is 0 Å². The number of cyclic esters (lactones) is 1. The number of carbonyl (C=O) groups is 3. The highest BCUT2D eigenvalue weighted by Crippen LogP contribution is 2.46. The Kier molecular flexibility index (Phi) is 13.9. The summed E-state index contributed by atoms with van der Waals surface area (Å²) in [7, 11) is 3.83. The summed E-state index contributed by atoms with van der Waals surface area (Å²) < 4.78 is 39.1. The van der Waals surface area contributed by atoms with Crippen molar-refractivity contribution in [2.24, 2.45) is 34.7 Å². The Morgan fingerprint density at radius 2 is 1.83 bits per heavy atom. The van der Waals surface area contributed by atoms with Gasteiger partial charge in [-0.25, -0.2) is 4.98 Å². The molecule has 15 nitrogen and oxygen atoms in total. The molecule has 0 spiro atoms. The number of anilines is 1. The molecular weight excluding hydrogens is 748 g/mol. The average molecular weight is 815 g/mol. The van der Waals surface area contributed by atoms with E-state index in [4.69, 9.17) is 33.3 Å². The van der Waals surface area contributed by atoms with Gasteiger partial charge in [-0.1, -0.05) is 38.9 Å². The van der Waals surface area contributed by atoms with Crippen molar-refractivity contribution >= 4 is 29.3 Å². The van der Waals surface area contributed by atoms with Gasteiger partial charge in [0.1, 0.15) is 41.2 Å². The number of aliphatic hydroxyl groups is 1. The maximum absolute atomic E-state index is 14.6. The lowest BCUT2D eigenvalue weighted by Gasteiger charge is -2.48. The molecule has 0 aromatic carbocycles. The van der Waals surface area contributed by atoms with Crippen LogP contribution in [0.5, 0.6) is 0 Å². The summed E-state index contributed by atoms with van der Waals surface area (Å²) >= 11 is 0. The van der Waals surface area contributed by atoms with Gasteiger partial charge in [0.15, 0.2) is 6.29 Å². The molecule has 0 amide bonds. The number of esters is 2. The van der Waals surface area contributed by atoms with E-state index in [0.717, 1.165) is 18.8 Å². The van der Waals surface area contributed by atoms with Gasteiger partial charge in [0.05, 0.1) is 56.0 Å². The van der Waals surface area contributed by atoms with Crippen LogP contribution in [-0.2, 0) is 47.6 Å². The van der Waals surface area contributed by atoms with Gasteiger partial charge in [-0.15, -0.1) is 0 Å². The molecule has 58 heavy (non-hydrogen) atoms. The van der Waals surface area contributed by atoms with Crippen molar-refractivity contribution in [3.05, 3.63) is 24.4 Å². The van der Waals surface area contributed by atoms with Crippen LogP contribution in [0.4, 0.5) is 5.82 Å². The predicted octanol–water partition coefficient (Wildman–Crippen LogP) is 4.18. The van der Waals surface area contributed by atoms with Gasteiger partial charge in [0, 0.05) is 48.9 Å². The molecule has 5 aliphatic heterocycles. The molecule has 2 bridgehead atoms. The summed E-state index contributed by atoms with van der Waals surface area (Å²) in [4.78, 5) is 56.6. The fourth-order valence-corrected chi connectivity index (χ4v) is 10.1. The number of fused-ring (bicyclic) bond motifs is 4. The van der Waals surface area contributed by atoms with Gasteiger partial charge >= 0.3 is 11.9 Å². The minimum Gasteiger partial charge on any atom is -0.458 e. The fraction of sp³-hybridized carbons (Fsp3) is 0.791. The van der Waals surface area contributed by atoms with Crippen molar-refractivity contribution in [2.75, 3.05) is 45.3 Å². The molecule has 1 unspecified atom stereocenters. The summed E-state index contributed by atoms with van der Waals surface area (Å²) in [6.45, 7) is 16.2. The number of ether oxygens (including phenoxy) is 6. The normalized spacial score (nSPS) is 42.6. The van der Waals surface area contributed by atoms with Crippen LogP contribution in [0.15, 0.2) is 29.6 Å². The van der Waals surface area contributed by atoms with Gasteiger partial charge in [-0.2, -0.15) is 0 Å². The van der Waals surface area contributed by atoms with Crippen molar-refractivity contribution < 1.29 is 52.7 Å². The first-order valence-corrected chi connectivity index (χ1v) is 21.2. The fourth-order valence-electron chi connectivity index (χ4n) is 10.1. The number of aromatic nitrogens is 1. The summed E-state index contributed by atoms with van der Waals surface area (Å²) in [6.07, 6.45) is -1.26. The summed E-state index contributed by atoms with van der Waals surface area (Å²) in [5.74, 6) is -3.29. The van der Waals surface area contributed by atoms with E-state index < -0.39 is 83.4 Å². The zero-order chi connectivity index (χ0) is 42.1. The number of nitrogens with zero attached hydrogens (tertiary/aromatic N) is 4. The quantitative estimate of drug-likeness (QED) is 0.308. The Morgan fingerprint density at radius 1 is 1.07 bits per heavy atom. The van der Waals surface area contributed by atoms with Crippen LogP contribution in [0.1, 0.15) is 87.5 Å². The van der Waals surface area contributed by atoms with Crippen molar-refractivity contribution in [2.45, 2.75) is 148 Å². The third-order valence-electron chi connectivity index (χ3n) is 13.5. The Labute approximate surface area is 343 Å². The highest BCUT2D eigenvalue weighted by molar-refractivity contribution is 5.87. The molecule has 5 saturated heterocycles. The lowest BCUT2D eigenvalue weighted by molar-refractivity contribution is -0.302. The van der Waals surface area contributed by atoms with Crippen LogP contribution in [-0.4, -0.2) is 139 Å². The molecule has 15 heteroatoms. The molecule has 15 atom stereocenters. The number of ketones is 1. The third-order valence-corrected chi connectivity index (χ3v) is 13.5. The molecule has 5 fully saturated rings. The van der Waals surface area contributed by atoms with Crippen LogP contribution < -0.4 is 4.90 Å². The number of aliphatic hydroxyl groups excluding tert-OH is 1. The van der Waals surface area contributed by atoms with E-state index in [1.54, 1.807) is 20.0 Å². The first-order chi connectivity index (χ1) is 27.4. The SMILES string of the molecule is CC[C@H]1OC(=O)[C@H](C)[C@H]2OC/C(=N/OC3CCN(c4ccccn4)C3)CO[C@](C)(C[C@@H](C)C(=O)[C@H](C)[C@@H]3CC(=O)O[C@]13C)[C@H](O[C@@H]1O[C@H](C)C[C@H](N(C)C)[C@H]1O)[C@H]2C. The number of likely N-dealkylation sites (N-methyl/N-ethyl adjacent to an activating group) is 1. The van der Waals surface area contributed by atoms with Crippen LogP contribution >= 0.6 is 0 Å². The number of carbonyl (C=O) groups excluding carboxylic acids is 3. The number of Topliss-reactive ketones (excluding diaryl/α,β-unsaturated/α-hetero) is 1. The molecule has 324 valence electrons. The smallest absolute Gasteiger partial charge is 0.311 e. The minimum atomic E-state index is -1.22. The summed E-state index contributed by atoms with van der Waals surface area (Å²) in [5, 5.41) is 16.3. The lowest BCUT2D eigenvalue weighted by Crippen LogP contribution is -2.60. The standard InChI is InChI=1S/C43H66N4O11/c1-11-33-43(8)31(19-35(48)57-43)26(4)36(49)24(2)20-42(7)39(56-41-37(50)32(46(9)10)18-25(3)54-41)27(5)38(28(6)40(51)55-33)52-22-29(23-53-42)45-58-30-15-17-47(21-30)34-14-12-13-16-44-34/h12-14,16,24-28,30-33,37-39,41,50H,11,15,17-23H2,1-10H3/b45-29-/t24-,25-,26-,27+,28-,30?,31+,32+,33-,37-,38+,39-,41+,42-,43+/m1/s1. The van der Waals surface area contributed by atoms with E-state index in [2.05, 4.69) is 15.0 Å². The first kappa shape index (κ1) is 44.3. The van der Waals surface area contributed by atoms with E-state index in [9.17, 15) is 19.5 Å². The van der Waals surface area contributed by atoms with Crippen molar-refractivity contribution in [1.82, 2.24) is 9.88 Å². The topological polar surface area (TPSA) is 168 Å². The molecule has 0 aliphatic carbocycles. The number of hydrogen-bond acceptors (Lipinski definition) is 15. The molecule has 0 saturated carbocycles. The van der Waals surface area contributed by atoms with Crippen molar-refractivity contribution in [3.63, 3.8) is 0 Å². The highest BCUT2D eigenvalue weighted by atomic mass is 16.7. The van der Waals surface area contributed by atoms with E-state index in [1.807, 2.05) is 78.7 Å². The van der Waals surface area contributed by atoms with Crippen molar-refractivity contribution in [1.29, 1.82) is 0 Å². The lowest BCUT2D eigenvalue weighted by atomic mass is 9.70. The molecule has 1 aromatic heterocycles.